The van der Waals surface area contributed by atoms with Crippen LogP contribution in [0.4, 0.5) is 11.5 Å². The standard InChI is InChI=1S/C13H10Br2ClN3O2/c1-21-11-4-10(7(14)3-8(11)15)19-13(20)6-2-9(16)12(17)18-5-6/h2-5H,1H3,(H2,17,18)(H,19,20). The Morgan fingerprint density at radius 2 is 2.05 bits per heavy atom. The van der Waals surface area contributed by atoms with Crippen molar-refractivity contribution < 1.29 is 9.53 Å². The third kappa shape index (κ3) is 3.66. The highest BCUT2D eigenvalue weighted by Crippen LogP contribution is 2.34. The van der Waals surface area contributed by atoms with Crippen molar-refractivity contribution in [2.45, 2.75) is 0 Å². The van der Waals surface area contributed by atoms with Gasteiger partial charge in [0, 0.05) is 16.7 Å². The minimum atomic E-state index is -0.352. The van der Waals surface area contributed by atoms with Gasteiger partial charge in [-0.05, 0) is 44.0 Å². The number of aromatic nitrogens is 1. The minimum absolute atomic E-state index is 0.180. The summed E-state index contributed by atoms with van der Waals surface area (Å²) in [6.45, 7) is 0. The van der Waals surface area contributed by atoms with Crippen molar-refractivity contribution in [1.29, 1.82) is 0 Å². The number of halogens is 3. The number of carbonyl (C=O) groups is 1. The number of nitrogen functional groups attached to an aromatic ring is 1. The van der Waals surface area contributed by atoms with E-state index in [0.717, 1.165) is 4.47 Å². The smallest absolute Gasteiger partial charge is 0.257 e. The summed E-state index contributed by atoms with van der Waals surface area (Å²) in [6.07, 6.45) is 1.36. The molecule has 0 aliphatic heterocycles. The number of nitrogens with zero attached hydrogens (tertiary/aromatic N) is 1. The predicted octanol–water partition coefficient (Wildman–Crippen LogP) is 4.10. The van der Waals surface area contributed by atoms with Crippen molar-refractivity contribution in [3.05, 3.63) is 43.9 Å². The van der Waals surface area contributed by atoms with Gasteiger partial charge in [-0.1, -0.05) is 11.6 Å². The number of hydrogen-bond donors (Lipinski definition) is 2. The average Bonchev–Trinajstić information content (AvgIpc) is 2.44. The molecule has 1 amide bonds. The molecule has 3 N–H and O–H groups in total. The van der Waals surface area contributed by atoms with Crippen LogP contribution in [0.2, 0.25) is 5.02 Å². The molecule has 8 heteroatoms. The number of benzene rings is 1. The number of pyridine rings is 1. The predicted molar refractivity (Wildman–Crippen MR) is 90.0 cm³/mol. The molecular weight excluding hydrogens is 425 g/mol. The van der Waals surface area contributed by atoms with Crippen molar-refractivity contribution >= 4 is 60.9 Å². The summed E-state index contributed by atoms with van der Waals surface area (Å²) in [7, 11) is 1.54. The highest BCUT2D eigenvalue weighted by atomic mass is 79.9. The number of nitrogens with one attached hydrogen (secondary N) is 1. The Labute approximate surface area is 143 Å². The molecule has 0 saturated carbocycles. The molecule has 0 aliphatic rings. The number of methoxy groups -OCH3 is 1. The second kappa shape index (κ2) is 6.64. The van der Waals surface area contributed by atoms with E-state index in [9.17, 15) is 4.79 Å². The average molecular weight is 436 g/mol. The molecule has 1 aromatic heterocycles. The summed E-state index contributed by atoms with van der Waals surface area (Å²) in [5, 5.41) is 2.98. The monoisotopic (exact) mass is 433 g/mol. The van der Waals surface area contributed by atoms with Crippen LogP contribution in [0, 0.1) is 0 Å². The first-order valence-corrected chi connectivity index (χ1v) is 7.64. The van der Waals surface area contributed by atoms with E-state index in [4.69, 9.17) is 22.1 Å². The third-order valence-corrected chi connectivity index (χ3v) is 4.20. The number of hydrogen-bond acceptors (Lipinski definition) is 4. The van der Waals surface area contributed by atoms with Crippen LogP contribution >= 0.6 is 43.5 Å². The van der Waals surface area contributed by atoms with Gasteiger partial charge in [0.05, 0.1) is 27.9 Å². The molecule has 0 radical (unpaired) electrons. The minimum Gasteiger partial charge on any atom is -0.495 e. The Bertz CT molecular complexity index is 710. The molecule has 21 heavy (non-hydrogen) atoms. The molecule has 0 spiro atoms. The molecule has 110 valence electrons. The normalized spacial score (nSPS) is 10.3. The van der Waals surface area contributed by atoms with E-state index >= 15 is 0 Å². The Hall–Kier alpha value is -1.31. The molecule has 0 aliphatic carbocycles. The van der Waals surface area contributed by atoms with Crippen LogP contribution in [-0.4, -0.2) is 18.0 Å². The van der Waals surface area contributed by atoms with Crippen LogP contribution < -0.4 is 15.8 Å². The Morgan fingerprint density at radius 3 is 2.67 bits per heavy atom. The topological polar surface area (TPSA) is 77.2 Å². The fourth-order valence-electron chi connectivity index (χ4n) is 1.55. The van der Waals surface area contributed by atoms with Crippen LogP contribution in [0.5, 0.6) is 5.75 Å². The summed E-state index contributed by atoms with van der Waals surface area (Å²) >= 11 is 12.6. The summed E-state index contributed by atoms with van der Waals surface area (Å²) in [5.41, 5.74) is 6.39. The maximum absolute atomic E-state index is 12.2. The van der Waals surface area contributed by atoms with Gasteiger partial charge in [0.1, 0.15) is 11.6 Å². The number of anilines is 2. The molecule has 2 rings (SSSR count). The van der Waals surface area contributed by atoms with Crippen molar-refractivity contribution in [1.82, 2.24) is 4.98 Å². The van der Waals surface area contributed by atoms with Crippen LogP contribution in [0.25, 0.3) is 0 Å². The van der Waals surface area contributed by atoms with Crippen LogP contribution in [0.3, 0.4) is 0 Å². The van der Waals surface area contributed by atoms with Gasteiger partial charge < -0.3 is 15.8 Å². The van der Waals surface area contributed by atoms with Crippen molar-refractivity contribution in [2.24, 2.45) is 0 Å². The van der Waals surface area contributed by atoms with Gasteiger partial charge in [0.25, 0.3) is 5.91 Å². The molecule has 0 bridgehead atoms. The van der Waals surface area contributed by atoms with E-state index in [-0.39, 0.29) is 16.7 Å². The maximum atomic E-state index is 12.2. The fourth-order valence-corrected chi connectivity index (χ4v) is 2.97. The second-order valence-electron chi connectivity index (χ2n) is 4.01. The lowest BCUT2D eigenvalue weighted by Crippen LogP contribution is -2.13. The second-order valence-corrected chi connectivity index (χ2v) is 6.13. The molecule has 1 aromatic carbocycles. The molecular formula is C13H10Br2ClN3O2. The fraction of sp³-hybridized carbons (Fsp3) is 0.0769. The van der Waals surface area contributed by atoms with E-state index in [2.05, 4.69) is 42.2 Å². The zero-order valence-corrected chi connectivity index (χ0v) is 14.7. The molecule has 2 aromatic rings. The lowest BCUT2D eigenvalue weighted by atomic mass is 10.2. The summed E-state index contributed by atoms with van der Waals surface area (Å²) < 4.78 is 6.67. The van der Waals surface area contributed by atoms with E-state index in [0.29, 0.717) is 21.5 Å². The number of carbonyl (C=O) groups excluding carboxylic acids is 1. The van der Waals surface area contributed by atoms with Crippen molar-refractivity contribution in [3.63, 3.8) is 0 Å². The van der Waals surface area contributed by atoms with Crippen LogP contribution in [-0.2, 0) is 0 Å². The van der Waals surface area contributed by atoms with E-state index in [1.807, 2.05) is 0 Å². The van der Waals surface area contributed by atoms with Gasteiger partial charge in [-0.15, -0.1) is 0 Å². The number of amides is 1. The van der Waals surface area contributed by atoms with Gasteiger partial charge in [-0.25, -0.2) is 4.98 Å². The highest BCUT2D eigenvalue weighted by Gasteiger charge is 2.13. The number of rotatable bonds is 3. The highest BCUT2D eigenvalue weighted by molar-refractivity contribution is 9.11. The first-order valence-electron chi connectivity index (χ1n) is 5.67. The van der Waals surface area contributed by atoms with E-state index in [1.54, 1.807) is 19.2 Å². The lowest BCUT2D eigenvalue weighted by Gasteiger charge is -2.11. The SMILES string of the molecule is COc1cc(NC(=O)c2cnc(N)c(Cl)c2)c(Br)cc1Br. The first-order chi connectivity index (χ1) is 9.92. The van der Waals surface area contributed by atoms with E-state index in [1.165, 1.54) is 12.3 Å². The summed E-state index contributed by atoms with van der Waals surface area (Å²) in [5.74, 6) is 0.427. The Morgan fingerprint density at radius 1 is 1.33 bits per heavy atom. The molecule has 5 nitrogen and oxygen atoms in total. The lowest BCUT2D eigenvalue weighted by molar-refractivity contribution is 0.102. The van der Waals surface area contributed by atoms with Crippen LogP contribution in [0.15, 0.2) is 33.3 Å². The van der Waals surface area contributed by atoms with Crippen LogP contribution in [0.1, 0.15) is 10.4 Å². The maximum Gasteiger partial charge on any atom is 0.257 e. The van der Waals surface area contributed by atoms with E-state index < -0.39 is 0 Å². The summed E-state index contributed by atoms with van der Waals surface area (Å²) in [4.78, 5) is 16.0. The first kappa shape index (κ1) is 16.1. The molecule has 1 heterocycles. The Balaban J connectivity index is 2.29. The van der Waals surface area contributed by atoms with Crippen molar-refractivity contribution in [2.75, 3.05) is 18.2 Å². The van der Waals surface area contributed by atoms with Gasteiger partial charge in [0.2, 0.25) is 0 Å². The summed E-state index contributed by atoms with van der Waals surface area (Å²) in [6, 6.07) is 4.93. The third-order valence-electron chi connectivity index (χ3n) is 2.62. The molecule has 0 saturated heterocycles. The molecule has 0 unspecified atom stereocenters. The van der Waals surface area contributed by atoms with Gasteiger partial charge in [0.15, 0.2) is 0 Å². The zero-order valence-electron chi connectivity index (χ0n) is 10.8. The quantitative estimate of drug-likeness (QED) is 0.761. The molecule has 0 atom stereocenters. The molecule has 0 fully saturated rings. The Kier molecular flexibility index (Phi) is 5.08. The largest absolute Gasteiger partial charge is 0.495 e. The van der Waals surface area contributed by atoms with Gasteiger partial charge in [-0.3, -0.25) is 4.79 Å². The number of nitrogens with two attached hydrogens (primary N) is 1. The van der Waals surface area contributed by atoms with Gasteiger partial charge >= 0.3 is 0 Å². The number of ether oxygens (including phenoxy) is 1. The van der Waals surface area contributed by atoms with Crippen molar-refractivity contribution in [3.8, 4) is 5.75 Å². The van der Waals surface area contributed by atoms with Gasteiger partial charge in [-0.2, -0.15) is 0 Å². The zero-order chi connectivity index (χ0) is 15.6.